The number of para-hydroxylation sites is 1. The first-order valence-electron chi connectivity index (χ1n) is 7.85. The Bertz CT molecular complexity index is 666. The van der Waals surface area contributed by atoms with Gasteiger partial charge >= 0.3 is 0 Å². The molecular weight excluding hydrogens is 294 g/mol. The van der Waals surface area contributed by atoms with Crippen LogP contribution < -0.4 is 10.6 Å². The summed E-state index contributed by atoms with van der Waals surface area (Å²) < 4.78 is 0. The minimum Gasteiger partial charge on any atom is -0.384 e. The summed E-state index contributed by atoms with van der Waals surface area (Å²) in [6.07, 6.45) is 3.92. The van der Waals surface area contributed by atoms with Gasteiger partial charge in [-0.2, -0.15) is 0 Å². The van der Waals surface area contributed by atoms with Crippen LogP contribution in [-0.2, 0) is 19.3 Å². The fraction of sp³-hybridized carbons (Fsp3) is 0.412. The zero-order chi connectivity index (χ0) is 15.4. The highest BCUT2D eigenvalue weighted by Gasteiger charge is 2.16. The van der Waals surface area contributed by atoms with Gasteiger partial charge in [-0.15, -0.1) is 11.3 Å². The molecule has 1 aromatic carbocycles. The van der Waals surface area contributed by atoms with Crippen LogP contribution in [0.5, 0.6) is 0 Å². The van der Waals surface area contributed by atoms with E-state index in [2.05, 4.69) is 34.0 Å². The van der Waals surface area contributed by atoms with Crippen molar-refractivity contribution in [2.24, 2.45) is 0 Å². The second kappa shape index (κ2) is 6.92. The number of aromatic nitrogens is 1. The maximum Gasteiger partial charge on any atom is 0.253 e. The third kappa shape index (κ3) is 3.30. The highest BCUT2D eigenvalue weighted by Crippen LogP contribution is 2.25. The molecule has 22 heavy (non-hydrogen) atoms. The molecule has 0 atom stereocenters. The van der Waals surface area contributed by atoms with Crippen molar-refractivity contribution in [1.29, 1.82) is 0 Å². The summed E-state index contributed by atoms with van der Waals surface area (Å²) in [6.45, 7) is 3.67. The van der Waals surface area contributed by atoms with Gasteiger partial charge in [0.25, 0.3) is 5.91 Å². The first-order chi connectivity index (χ1) is 10.8. The molecule has 0 fully saturated rings. The fourth-order valence-electron chi connectivity index (χ4n) is 2.70. The molecule has 0 radical (unpaired) electrons. The average Bonchev–Trinajstić information content (AvgIpc) is 3.02. The van der Waals surface area contributed by atoms with E-state index in [0.717, 1.165) is 54.2 Å². The molecule has 0 unspecified atom stereocenters. The molecule has 116 valence electrons. The number of carbonyl (C=O) groups excluding carboxylic acids is 1. The van der Waals surface area contributed by atoms with Crippen molar-refractivity contribution in [3.05, 3.63) is 45.4 Å². The summed E-state index contributed by atoms with van der Waals surface area (Å²) in [4.78, 5) is 16.9. The van der Waals surface area contributed by atoms with Crippen molar-refractivity contribution in [3.63, 3.8) is 0 Å². The number of aryl methyl sites for hydroxylation is 2. The van der Waals surface area contributed by atoms with Crippen molar-refractivity contribution < 1.29 is 4.79 Å². The summed E-state index contributed by atoms with van der Waals surface area (Å²) in [6, 6.07) is 5.96. The molecule has 0 saturated heterocycles. The van der Waals surface area contributed by atoms with E-state index >= 15 is 0 Å². The van der Waals surface area contributed by atoms with Gasteiger partial charge in [0.15, 0.2) is 0 Å². The fourth-order valence-corrected chi connectivity index (χ4v) is 3.58. The van der Waals surface area contributed by atoms with Gasteiger partial charge < -0.3 is 10.6 Å². The normalized spacial score (nSPS) is 13.3. The molecule has 3 rings (SSSR count). The molecular formula is C17H21N3OS. The predicted octanol–water partition coefficient (Wildman–Crippen LogP) is 3.04. The predicted molar refractivity (Wildman–Crippen MR) is 90.8 cm³/mol. The van der Waals surface area contributed by atoms with Crippen molar-refractivity contribution in [2.75, 3.05) is 18.4 Å². The van der Waals surface area contributed by atoms with Crippen LogP contribution in [0.2, 0.25) is 0 Å². The Morgan fingerprint density at radius 3 is 3.18 bits per heavy atom. The van der Waals surface area contributed by atoms with Gasteiger partial charge in [0.05, 0.1) is 22.0 Å². The van der Waals surface area contributed by atoms with Gasteiger partial charge in [-0.25, -0.2) is 4.98 Å². The first-order valence-corrected chi connectivity index (χ1v) is 8.73. The molecule has 0 spiro atoms. The van der Waals surface area contributed by atoms with Crippen LogP contribution in [0.25, 0.3) is 0 Å². The molecule has 1 aromatic heterocycles. The number of thiazole rings is 1. The van der Waals surface area contributed by atoms with Crippen molar-refractivity contribution in [1.82, 2.24) is 10.3 Å². The number of amides is 1. The lowest BCUT2D eigenvalue weighted by molar-refractivity contribution is 0.0955. The zero-order valence-electron chi connectivity index (χ0n) is 12.8. The summed E-state index contributed by atoms with van der Waals surface area (Å²) in [5.41, 5.74) is 4.14. The Kier molecular flexibility index (Phi) is 4.73. The Labute approximate surface area is 135 Å². The number of fused-ring (bicyclic) bond motifs is 1. The Morgan fingerprint density at radius 1 is 1.45 bits per heavy atom. The van der Waals surface area contributed by atoms with Crippen LogP contribution in [0.3, 0.4) is 0 Å². The molecule has 1 aliphatic heterocycles. The Hall–Kier alpha value is -1.88. The van der Waals surface area contributed by atoms with E-state index in [0.29, 0.717) is 6.54 Å². The highest BCUT2D eigenvalue weighted by molar-refractivity contribution is 7.09. The van der Waals surface area contributed by atoms with E-state index in [1.54, 1.807) is 11.3 Å². The highest BCUT2D eigenvalue weighted by atomic mass is 32.1. The van der Waals surface area contributed by atoms with Gasteiger partial charge in [0.2, 0.25) is 0 Å². The molecule has 1 amide bonds. The number of hydrogen-bond acceptors (Lipinski definition) is 4. The molecule has 1 aliphatic rings. The quantitative estimate of drug-likeness (QED) is 0.892. The van der Waals surface area contributed by atoms with Gasteiger partial charge in [-0.05, 0) is 30.9 Å². The number of nitrogens with one attached hydrogen (secondary N) is 2. The third-order valence-corrected chi connectivity index (χ3v) is 4.86. The topological polar surface area (TPSA) is 54.0 Å². The zero-order valence-corrected chi connectivity index (χ0v) is 13.6. The van der Waals surface area contributed by atoms with Gasteiger partial charge in [0.1, 0.15) is 0 Å². The van der Waals surface area contributed by atoms with E-state index in [1.165, 1.54) is 5.56 Å². The Balaban J connectivity index is 1.60. The van der Waals surface area contributed by atoms with Crippen LogP contribution in [0.4, 0.5) is 5.69 Å². The molecule has 0 saturated carbocycles. The number of rotatable bonds is 5. The number of carbonyl (C=O) groups is 1. The van der Waals surface area contributed by atoms with Crippen LogP contribution in [0.1, 0.15) is 40.0 Å². The lowest BCUT2D eigenvalue weighted by Crippen LogP contribution is -2.27. The van der Waals surface area contributed by atoms with E-state index in [9.17, 15) is 4.79 Å². The third-order valence-electron chi connectivity index (χ3n) is 3.91. The monoisotopic (exact) mass is 315 g/mol. The van der Waals surface area contributed by atoms with Crippen molar-refractivity contribution in [2.45, 2.75) is 32.6 Å². The lowest BCUT2D eigenvalue weighted by Gasteiger charge is -2.20. The molecule has 5 heteroatoms. The van der Waals surface area contributed by atoms with E-state index in [1.807, 2.05) is 12.1 Å². The minimum atomic E-state index is -0.00137. The lowest BCUT2D eigenvalue weighted by atomic mass is 9.99. The summed E-state index contributed by atoms with van der Waals surface area (Å²) >= 11 is 1.67. The van der Waals surface area contributed by atoms with Crippen molar-refractivity contribution in [3.8, 4) is 0 Å². The smallest absolute Gasteiger partial charge is 0.253 e. The van der Waals surface area contributed by atoms with Gasteiger partial charge in [0, 0.05) is 24.9 Å². The standard InChI is InChI=1S/C17H21N3OS/c1-2-13-11-22-15(20-13)8-10-19-17(21)14-7-3-5-12-6-4-9-18-16(12)14/h3,5,7,11,18H,2,4,6,8-10H2,1H3,(H,19,21). The maximum absolute atomic E-state index is 12.4. The molecule has 0 bridgehead atoms. The number of benzene rings is 1. The van der Waals surface area contributed by atoms with Gasteiger partial charge in [-0.1, -0.05) is 19.1 Å². The van der Waals surface area contributed by atoms with Crippen molar-refractivity contribution >= 4 is 22.9 Å². The SMILES string of the molecule is CCc1csc(CCNC(=O)c2cccc3c2NCCC3)n1. The first kappa shape index (κ1) is 15.0. The van der Waals surface area contributed by atoms with Crippen LogP contribution in [-0.4, -0.2) is 24.0 Å². The summed E-state index contributed by atoms with van der Waals surface area (Å²) in [5.74, 6) is -0.00137. The van der Waals surface area contributed by atoms with Crippen LogP contribution in [0, 0.1) is 0 Å². The molecule has 2 heterocycles. The Morgan fingerprint density at radius 2 is 2.36 bits per heavy atom. The minimum absolute atomic E-state index is 0.00137. The van der Waals surface area contributed by atoms with E-state index in [-0.39, 0.29) is 5.91 Å². The molecule has 4 nitrogen and oxygen atoms in total. The molecule has 0 aliphatic carbocycles. The molecule has 2 N–H and O–H groups in total. The number of anilines is 1. The number of nitrogens with zero attached hydrogens (tertiary/aromatic N) is 1. The second-order valence-corrected chi connectivity index (χ2v) is 6.40. The molecule has 2 aromatic rings. The summed E-state index contributed by atoms with van der Waals surface area (Å²) in [7, 11) is 0. The van der Waals surface area contributed by atoms with Crippen LogP contribution >= 0.6 is 11.3 Å². The maximum atomic E-state index is 12.4. The van der Waals surface area contributed by atoms with E-state index < -0.39 is 0 Å². The second-order valence-electron chi connectivity index (χ2n) is 5.46. The number of hydrogen-bond donors (Lipinski definition) is 2. The van der Waals surface area contributed by atoms with E-state index in [4.69, 9.17) is 0 Å². The van der Waals surface area contributed by atoms with Crippen LogP contribution in [0.15, 0.2) is 23.6 Å². The largest absolute Gasteiger partial charge is 0.384 e. The van der Waals surface area contributed by atoms with Gasteiger partial charge in [-0.3, -0.25) is 4.79 Å². The average molecular weight is 315 g/mol. The summed E-state index contributed by atoms with van der Waals surface area (Å²) in [5, 5.41) is 9.55.